The highest BCUT2D eigenvalue weighted by Crippen LogP contribution is 2.21. The largest absolute Gasteiger partial charge is 0.477 e. The van der Waals surface area contributed by atoms with Crippen LogP contribution in [0.1, 0.15) is 21.6 Å². The van der Waals surface area contributed by atoms with Gasteiger partial charge in [-0.1, -0.05) is 34.1 Å². The molecule has 1 aromatic carbocycles. The van der Waals surface area contributed by atoms with Crippen molar-refractivity contribution < 1.29 is 9.90 Å². The number of aryl methyl sites for hydroxylation is 2. The average Bonchev–Trinajstić information content (AvgIpc) is 2.63. The van der Waals surface area contributed by atoms with Crippen molar-refractivity contribution in [2.45, 2.75) is 13.5 Å². The van der Waals surface area contributed by atoms with Crippen LogP contribution in [0, 0.1) is 6.92 Å². The maximum Gasteiger partial charge on any atom is 0.341 e. The Labute approximate surface area is 119 Å². The highest BCUT2D eigenvalue weighted by molar-refractivity contribution is 9.10. The van der Waals surface area contributed by atoms with E-state index in [0.717, 1.165) is 10.0 Å². The minimum Gasteiger partial charge on any atom is -0.477 e. The monoisotopic (exact) mass is 323 g/mol. The van der Waals surface area contributed by atoms with Gasteiger partial charge in [-0.2, -0.15) is 5.10 Å². The van der Waals surface area contributed by atoms with Gasteiger partial charge >= 0.3 is 5.97 Å². The Bertz CT molecular complexity index is 622. The molecule has 6 heteroatoms. The molecule has 0 radical (unpaired) electrons. The van der Waals surface area contributed by atoms with E-state index in [1.165, 1.54) is 0 Å². The number of carboxylic acids is 1. The van der Waals surface area contributed by atoms with Crippen molar-refractivity contribution in [3.05, 3.63) is 45.6 Å². The molecular weight excluding hydrogens is 310 g/mol. The van der Waals surface area contributed by atoms with Crippen molar-refractivity contribution in [2.24, 2.45) is 7.05 Å². The summed E-state index contributed by atoms with van der Waals surface area (Å²) in [5.41, 5.74) is 1.77. The maximum absolute atomic E-state index is 11.2. The third-order valence-electron chi connectivity index (χ3n) is 2.84. The molecule has 0 amide bonds. The van der Waals surface area contributed by atoms with Gasteiger partial charge in [0.2, 0.25) is 0 Å². The lowest BCUT2D eigenvalue weighted by Crippen LogP contribution is -2.09. The Hall–Kier alpha value is -1.82. The van der Waals surface area contributed by atoms with Gasteiger partial charge in [0.25, 0.3) is 0 Å². The number of carbonyl (C=O) groups is 1. The van der Waals surface area contributed by atoms with Crippen LogP contribution >= 0.6 is 15.9 Å². The first-order valence-electron chi connectivity index (χ1n) is 5.75. The molecule has 100 valence electrons. The van der Waals surface area contributed by atoms with Gasteiger partial charge in [0.1, 0.15) is 11.4 Å². The van der Waals surface area contributed by atoms with E-state index in [0.29, 0.717) is 18.1 Å². The lowest BCUT2D eigenvalue weighted by Gasteiger charge is -2.09. The fourth-order valence-corrected chi connectivity index (χ4v) is 2.36. The summed E-state index contributed by atoms with van der Waals surface area (Å²) in [5, 5.41) is 16.5. The second-order valence-corrected chi connectivity index (χ2v) is 5.04. The highest BCUT2D eigenvalue weighted by atomic mass is 79.9. The maximum atomic E-state index is 11.2. The van der Waals surface area contributed by atoms with Crippen LogP contribution in [0.2, 0.25) is 0 Å². The number of aromatic carboxylic acids is 1. The standard InChI is InChI=1S/C13H14BrN3O2/c1-8-11(13(18)19)12(17(2)16-8)15-7-9-5-3-4-6-10(9)14/h3-6,15H,7H2,1-2H3,(H,18,19). The van der Waals surface area contributed by atoms with Crippen molar-refractivity contribution >= 4 is 27.7 Å². The van der Waals surface area contributed by atoms with Crippen LogP contribution in [0.25, 0.3) is 0 Å². The molecule has 2 aromatic rings. The smallest absolute Gasteiger partial charge is 0.341 e. The Balaban J connectivity index is 2.25. The van der Waals surface area contributed by atoms with Gasteiger partial charge in [0.15, 0.2) is 0 Å². The van der Waals surface area contributed by atoms with E-state index in [1.54, 1.807) is 18.7 Å². The van der Waals surface area contributed by atoms with Crippen molar-refractivity contribution in [2.75, 3.05) is 5.32 Å². The summed E-state index contributed by atoms with van der Waals surface area (Å²) in [6, 6.07) is 7.79. The molecule has 0 aliphatic carbocycles. The zero-order valence-electron chi connectivity index (χ0n) is 10.6. The van der Waals surface area contributed by atoms with Gasteiger partial charge in [-0.15, -0.1) is 0 Å². The van der Waals surface area contributed by atoms with E-state index >= 15 is 0 Å². The molecule has 0 spiro atoms. The molecule has 1 aromatic heterocycles. The van der Waals surface area contributed by atoms with E-state index < -0.39 is 5.97 Å². The van der Waals surface area contributed by atoms with Gasteiger partial charge in [0.05, 0.1) is 5.69 Å². The third kappa shape index (κ3) is 2.78. The summed E-state index contributed by atoms with van der Waals surface area (Å²) < 4.78 is 2.54. The number of anilines is 1. The minimum atomic E-state index is -0.972. The molecule has 5 nitrogen and oxygen atoms in total. The molecule has 2 rings (SSSR count). The fraction of sp³-hybridized carbons (Fsp3) is 0.231. The Morgan fingerprint density at radius 1 is 1.47 bits per heavy atom. The molecule has 0 saturated heterocycles. The molecule has 1 heterocycles. The number of benzene rings is 1. The van der Waals surface area contributed by atoms with Crippen LogP contribution in [0.4, 0.5) is 5.82 Å². The molecule has 19 heavy (non-hydrogen) atoms. The average molecular weight is 324 g/mol. The van der Waals surface area contributed by atoms with Crippen LogP contribution in [-0.2, 0) is 13.6 Å². The Morgan fingerprint density at radius 2 is 2.16 bits per heavy atom. The van der Waals surface area contributed by atoms with E-state index in [4.69, 9.17) is 0 Å². The van der Waals surface area contributed by atoms with Crippen LogP contribution in [-0.4, -0.2) is 20.9 Å². The SMILES string of the molecule is Cc1nn(C)c(NCc2ccccc2Br)c1C(=O)O. The molecule has 0 atom stereocenters. The van der Waals surface area contributed by atoms with Gasteiger partial charge in [-0.3, -0.25) is 4.68 Å². The summed E-state index contributed by atoms with van der Waals surface area (Å²) >= 11 is 3.46. The molecule has 0 bridgehead atoms. The number of hydrogen-bond donors (Lipinski definition) is 2. The topological polar surface area (TPSA) is 67.2 Å². The molecular formula is C13H14BrN3O2. The van der Waals surface area contributed by atoms with Crippen molar-refractivity contribution in [3.63, 3.8) is 0 Å². The van der Waals surface area contributed by atoms with Crippen molar-refractivity contribution in [1.29, 1.82) is 0 Å². The van der Waals surface area contributed by atoms with E-state index in [1.807, 2.05) is 24.3 Å². The van der Waals surface area contributed by atoms with Crippen LogP contribution < -0.4 is 5.32 Å². The summed E-state index contributed by atoms with van der Waals surface area (Å²) in [4.78, 5) is 11.2. The quantitative estimate of drug-likeness (QED) is 0.907. The highest BCUT2D eigenvalue weighted by Gasteiger charge is 2.19. The molecule has 0 aliphatic rings. The Morgan fingerprint density at radius 3 is 2.79 bits per heavy atom. The number of halogens is 1. The number of nitrogens with zero attached hydrogens (tertiary/aromatic N) is 2. The van der Waals surface area contributed by atoms with Crippen molar-refractivity contribution in [3.8, 4) is 0 Å². The van der Waals surface area contributed by atoms with Crippen LogP contribution in [0.3, 0.4) is 0 Å². The number of rotatable bonds is 4. The minimum absolute atomic E-state index is 0.217. The van der Waals surface area contributed by atoms with E-state index in [2.05, 4.69) is 26.3 Å². The first kappa shape index (κ1) is 13.6. The predicted octanol–water partition coefficient (Wildman–Crippen LogP) is 2.80. The first-order valence-corrected chi connectivity index (χ1v) is 6.54. The molecule has 0 unspecified atom stereocenters. The van der Waals surface area contributed by atoms with Crippen molar-refractivity contribution in [1.82, 2.24) is 9.78 Å². The summed E-state index contributed by atoms with van der Waals surface area (Å²) in [5.74, 6) is -0.457. The zero-order valence-corrected chi connectivity index (χ0v) is 12.2. The second kappa shape index (κ2) is 5.44. The summed E-state index contributed by atoms with van der Waals surface area (Å²) in [6.07, 6.45) is 0. The normalized spacial score (nSPS) is 10.5. The van der Waals surface area contributed by atoms with Gasteiger partial charge in [-0.25, -0.2) is 4.79 Å². The number of aromatic nitrogens is 2. The Kier molecular flexibility index (Phi) is 3.90. The number of nitrogens with one attached hydrogen (secondary N) is 1. The van der Waals surface area contributed by atoms with Gasteiger partial charge in [0, 0.05) is 18.1 Å². The summed E-state index contributed by atoms with van der Waals surface area (Å²) in [6.45, 7) is 2.22. The number of carboxylic acid groups (broad SMARTS) is 1. The molecule has 0 saturated carbocycles. The second-order valence-electron chi connectivity index (χ2n) is 4.18. The molecule has 2 N–H and O–H groups in total. The fourth-order valence-electron chi connectivity index (χ4n) is 1.94. The predicted molar refractivity (Wildman–Crippen MR) is 76.4 cm³/mol. The lowest BCUT2D eigenvalue weighted by molar-refractivity contribution is 0.0697. The van der Waals surface area contributed by atoms with Gasteiger partial charge < -0.3 is 10.4 Å². The van der Waals surface area contributed by atoms with Gasteiger partial charge in [-0.05, 0) is 18.6 Å². The third-order valence-corrected chi connectivity index (χ3v) is 3.61. The summed E-state index contributed by atoms with van der Waals surface area (Å²) in [7, 11) is 1.72. The lowest BCUT2D eigenvalue weighted by atomic mass is 10.2. The molecule has 0 fully saturated rings. The number of hydrogen-bond acceptors (Lipinski definition) is 3. The van der Waals surface area contributed by atoms with Crippen LogP contribution in [0.5, 0.6) is 0 Å². The van der Waals surface area contributed by atoms with Crippen LogP contribution in [0.15, 0.2) is 28.7 Å². The zero-order chi connectivity index (χ0) is 14.0. The molecule has 0 aliphatic heterocycles. The van der Waals surface area contributed by atoms with E-state index in [9.17, 15) is 9.90 Å². The van der Waals surface area contributed by atoms with E-state index in [-0.39, 0.29) is 5.56 Å². The first-order chi connectivity index (χ1) is 9.00.